The van der Waals surface area contributed by atoms with Crippen LogP contribution < -0.4 is 0 Å². The van der Waals surface area contributed by atoms with Crippen LogP contribution in [0, 0.1) is 40.4 Å². The Morgan fingerprint density at radius 2 is 1.70 bits per heavy atom. The van der Waals surface area contributed by atoms with E-state index in [1.165, 1.54) is 38.5 Å². The first-order valence-electron chi connectivity index (χ1n) is 11.5. The molecule has 0 saturated heterocycles. The lowest BCUT2D eigenvalue weighted by Crippen LogP contribution is -2.55. The van der Waals surface area contributed by atoms with Crippen molar-refractivity contribution >= 4 is 5.78 Å². The highest BCUT2D eigenvalue weighted by Crippen LogP contribution is 2.68. The molecule has 4 aliphatic carbocycles. The fourth-order valence-corrected chi connectivity index (χ4v) is 8.34. The van der Waals surface area contributed by atoms with Gasteiger partial charge in [-0.25, -0.2) is 0 Å². The van der Waals surface area contributed by atoms with Gasteiger partial charge in [0.15, 0.2) is 0 Å². The van der Waals surface area contributed by atoms with Crippen LogP contribution in [0.1, 0.15) is 85.0 Å². The summed E-state index contributed by atoms with van der Waals surface area (Å²) in [5, 5.41) is 10.6. The molecule has 3 heteroatoms. The molecule has 27 heavy (non-hydrogen) atoms. The van der Waals surface area contributed by atoms with Gasteiger partial charge >= 0.3 is 0 Å². The zero-order valence-electron chi connectivity index (χ0n) is 17.9. The lowest BCUT2D eigenvalue weighted by atomic mass is 9.44. The fourth-order valence-electron chi connectivity index (χ4n) is 8.34. The molecule has 0 aromatic rings. The highest BCUT2D eigenvalue weighted by molar-refractivity contribution is 5.82. The van der Waals surface area contributed by atoms with E-state index in [1.54, 1.807) is 7.11 Å². The number of hydrogen-bond acceptors (Lipinski definition) is 3. The van der Waals surface area contributed by atoms with Gasteiger partial charge in [-0.3, -0.25) is 4.79 Å². The normalized spacial score (nSPS) is 52.0. The molecule has 0 aromatic heterocycles. The average Bonchev–Trinajstić information content (AvgIpc) is 2.97. The Kier molecular flexibility index (Phi) is 5.03. The van der Waals surface area contributed by atoms with Crippen molar-refractivity contribution < 1.29 is 14.6 Å². The Bertz CT molecular complexity index is 584. The molecular weight excluding hydrogens is 336 g/mol. The van der Waals surface area contributed by atoms with Crippen molar-refractivity contribution in [3.63, 3.8) is 0 Å². The Hall–Kier alpha value is -0.410. The van der Waals surface area contributed by atoms with E-state index < -0.39 is 5.60 Å². The molecule has 0 amide bonds. The van der Waals surface area contributed by atoms with E-state index in [9.17, 15) is 9.90 Å². The van der Waals surface area contributed by atoms with Gasteiger partial charge in [0.2, 0.25) is 0 Å². The number of methoxy groups -OCH3 is 1. The van der Waals surface area contributed by atoms with Crippen molar-refractivity contribution in [2.45, 2.75) is 90.6 Å². The number of ether oxygens (including phenoxy) is 1. The van der Waals surface area contributed by atoms with E-state index in [0.717, 1.165) is 37.0 Å². The fraction of sp³-hybridized carbons (Fsp3) is 0.958. The second-order valence-corrected chi connectivity index (χ2v) is 11.2. The van der Waals surface area contributed by atoms with Gasteiger partial charge in [0.05, 0.1) is 12.2 Å². The molecule has 0 unspecified atom stereocenters. The summed E-state index contributed by atoms with van der Waals surface area (Å²) < 4.78 is 5.17. The van der Waals surface area contributed by atoms with Crippen molar-refractivity contribution in [3.8, 4) is 0 Å². The van der Waals surface area contributed by atoms with E-state index in [-0.39, 0.29) is 11.3 Å². The summed E-state index contributed by atoms with van der Waals surface area (Å²) >= 11 is 0. The summed E-state index contributed by atoms with van der Waals surface area (Å²) in [6, 6.07) is 0. The predicted octanol–water partition coefficient (Wildman–Crippen LogP) is 5.00. The number of fused-ring (bicyclic) bond motifs is 5. The Balaban J connectivity index is 1.53. The van der Waals surface area contributed by atoms with Gasteiger partial charge in [0.25, 0.3) is 0 Å². The van der Waals surface area contributed by atoms with Crippen molar-refractivity contribution in [1.29, 1.82) is 0 Å². The van der Waals surface area contributed by atoms with Gasteiger partial charge < -0.3 is 9.84 Å². The standard InChI is InChI=1S/C24H40O3/c1-22(26)12-13-23(2)16(15-22)5-6-17-18-7-8-20(21(25)10-14-27-4)24(18,3)11-9-19(17)23/h16-20,26H,5-15H2,1-4H3/t16-,17-,18-,19-,20+,22+,23-,24-/m0/s1. The average molecular weight is 377 g/mol. The minimum Gasteiger partial charge on any atom is -0.390 e. The maximum absolute atomic E-state index is 12.9. The Morgan fingerprint density at radius 1 is 0.963 bits per heavy atom. The van der Waals surface area contributed by atoms with Crippen LogP contribution >= 0.6 is 0 Å². The number of carbonyl (C=O) groups is 1. The maximum Gasteiger partial charge on any atom is 0.138 e. The van der Waals surface area contributed by atoms with E-state index >= 15 is 0 Å². The Morgan fingerprint density at radius 3 is 2.44 bits per heavy atom. The molecule has 0 aliphatic heterocycles. The van der Waals surface area contributed by atoms with Crippen LogP contribution in [0.5, 0.6) is 0 Å². The van der Waals surface area contributed by atoms with E-state index in [2.05, 4.69) is 13.8 Å². The number of hydrogen-bond donors (Lipinski definition) is 1. The van der Waals surface area contributed by atoms with Crippen LogP contribution in [-0.2, 0) is 9.53 Å². The molecule has 0 heterocycles. The molecule has 4 rings (SSSR count). The second kappa shape index (κ2) is 6.83. The largest absolute Gasteiger partial charge is 0.390 e. The van der Waals surface area contributed by atoms with Crippen LogP contribution in [0.3, 0.4) is 0 Å². The smallest absolute Gasteiger partial charge is 0.138 e. The molecule has 154 valence electrons. The first-order chi connectivity index (χ1) is 12.7. The molecule has 0 spiro atoms. The molecule has 0 radical (unpaired) electrons. The SMILES string of the molecule is COCCC(=O)[C@H]1CC[C@H]2[C@@H]3CC[C@H]4C[C@](C)(O)CC[C@]4(C)[C@H]3CC[C@]12C. The topological polar surface area (TPSA) is 46.5 Å². The van der Waals surface area contributed by atoms with E-state index in [0.29, 0.717) is 30.1 Å². The molecule has 0 bridgehead atoms. The number of ketones is 1. The van der Waals surface area contributed by atoms with Gasteiger partial charge in [0.1, 0.15) is 5.78 Å². The summed E-state index contributed by atoms with van der Waals surface area (Å²) in [5.41, 5.74) is 0.173. The van der Waals surface area contributed by atoms with Gasteiger partial charge in [-0.1, -0.05) is 13.8 Å². The molecular formula is C24H40O3. The first kappa shape index (κ1) is 19.9. The van der Waals surface area contributed by atoms with Crippen molar-refractivity contribution in [1.82, 2.24) is 0 Å². The van der Waals surface area contributed by atoms with Gasteiger partial charge in [-0.2, -0.15) is 0 Å². The first-order valence-corrected chi connectivity index (χ1v) is 11.5. The second-order valence-electron chi connectivity index (χ2n) is 11.2. The number of carbonyl (C=O) groups excluding carboxylic acids is 1. The third kappa shape index (κ3) is 3.12. The molecule has 0 aromatic carbocycles. The van der Waals surface area contributed by atoms with Crippen LogP contribution in [0.15, 0.2) is 0 Å². The van der Waals surface area contributed by atoms with Gasteiger partial charge in [-0.05, 0) is 99.2 Å². The molecule has 3 nitrogen and oxygen atoms in total. The summed E-state index contributed by atoms with van der Waals surface area (Å²) in [6.07, 6.45) is 11.2. The summed E-state index contributed by atoms with van der Waals surface area (Å²) in [4.78, 5) is 12.9. The summed E-state index contributed by atoms with van der Waals surface area (Å²) in [5.74, 6) is 3.73. The number of Topliss-reactive ketones (excluding diaryl/α,β-unsaturated/α-hetero) is 1. The molecule has 1 N–H and O–H groups in total. The summed E-state index contributed by atoms with van der Waals surface area (Å²) in [7, 11) is 1.69. The van der Waals surface area contributed by atoms with Gasteiger partial charge in [-0.15, -0.1) is 0 Å². The lowest BCUT2D eigenvalue weighted by molar-refractivity contribution is -0.151. The molecule has 4 fully saturated rings. The zero-order valence-corrected chi connectivity index (χ0v) is 17.9. The highest BCUT2D eigenvalue weighted by atomic mass is 16.5. The maximum atomic E-state index is 12.9. The third-order valence-corrected chi connectivity index (χ3v) is 9.89. The minimum absolute atomic E-state index is 0.218. The highest BCUT2D eigenvalue weighted by Gasteiger charge is 2.61. The van der Waals surface area contributed by atoms with Crippen LogP contribution in [0.2, 0.25) is 0 Å². The van der Waals surface area contributed by atoms with Crippen LogP contribution in [0.4, 0.5) is 0 Å². The minimum atomic E-state index is -0.452. The van der Waals surface area contributed by atoms with Crippen LogP contribution in [0.25, 0.3) is 0 Å². The van der Waals surface area contributed by atoms with Crippen molar-refractivity contribution in [3.05, 3.63) is 0 Å². The van der Waals surface area contributed by atoms with Crippen molar-refractivity contribution in [2.24, 2.45) is 40.4 Å². The summed E-state index contributed by atoms with van der Waals surface area (Å²) in [6.45, 7) is 7.60. The quantitative estimate of drug-likeness (QED) is 0.751. The van der Waals surface area contributed by atoms with E-state index in [1.807, 2.05) is 6.92 Å². The van der Waals surface area contributed by atoms with E-state index in [4.69, 9.17) is 4.74 Å². The van der Waals surface area contributed by atoms with Gasteiger partial charge in [0, 0.05) is 19.4 Å². The molecule has 8 atom stereocenters. The number of aliphatic hydroxyl groups is 1. The third-order valence-electron chi connectivity index (χ3n) is 9.89. The van der Waals surface area contributed by atoms with Crippen LogP contribution in [-0.4, -0.2) is 30.2 Å². The molecule has 4 aliphatic rings. The number of rotatable bonds is 4. The monoisotopic (exact) mass is 376 g/mol. The lowest BCUT2D eigenvalue weighted by Gasteiger charge is -2.61. The Labute approximate surface area is 165 Å². The molecule has 4 saturated carbocycles. The van der Waals surface area contributed by atoms with Crippen molar-refractivity contribution in [2.75, 3.05) is 13.7 Å². The predicted molar refractivity (Wildman–Crippen MR) is 107 cm³/mol. The zero-order chi connectivity index (χ0) is 19.4.